The Morgan fingerprint density at radius 2 is 1.86 bits per heavy atom. The van der Waals surface area contributed by atoms with Crippen LogP contribution in [0.1, 0.15) is 45.2 Å². The summed E-state index contributed by atoms with van der Waals surface area (Å²) in [5.41, 5.74) is 1.24. The van der Waals surface area contributed by atoms with E-state index in [1.807, 2.05) is 26.1 Å². The van der Waals surface area contributed by atoms with E-state index < -0.39 is 10.0 Å². The van der Waals surface area contributed by atoms with Crippen molar-refractivity contribution in [3.63, 3.8) is 0 Å². The van der Waals surface area contributed by atoms with Crippen LogP contribution < -0.4 is 5.32 Å². The van der Waals surface area contributed by atoms with Gasteiger partial charge in [0.2, 0.25) is 10.0 Å². The van der Waals surface area contributed by atoms with Crippen molar-refractivity contribution in [3.8, 4) is 0 Å². The molecular formula is C16H26N2O2S. The number of benzene rings is 1. The van der Waals surface area contributed by atoms with Crippen molar-refractivity contribution in [2.75, 3.05) is 20.1 Å². The molecule has 0 saturated carbocycles. The predicted molar refractivity (Wildman–Crippen MR) is 85.7 cm³/mol. The van der Waals surface area contributed by atoms with Gasteiger partial charge in [-0.05, 0) is 49.9 Å². The smallest absolute Gasteiger partial charge is 0.243 e. The van der Waals surface area contributed by atoms with Crippen molar-refractivity contribution in [1.29, 1.82) is 0 Å². The monoisotopic (exact) mass is 310 g/mol. The molecule has 0 amide bonds. The number of rotatable bonds is 4. The van der Waals surface area contributed by atoms with Crippen molar-refractivity contribution in [2.45, 2.75) is 44.6 Å². The van der Waals surface area contributed by atoms with Gasteiger partial charge in [-0.2, -0.15) is 4.31 Å². The summed E-state index contributed by atoms with van der Waals surface area (Å²) < 4.78 is 27.2. The van der Waals surface area contributed by atoms with E-state index in [2.05, 4.69) is 19.2 Å². The first-order chi connectivity index (χ1) is 9.76. The first-order valence-corrected chi connectivity index (χ1v) is 8.98. The Labute approximate surface area is 128 Å². The van der Waals surface area contributed by atoms with E-state index in [0.717, 1.165) is 18.4 Å². The van der Waals surface area contributed by atoms with Gasteiger partial charge in [0.25, 0.3) is 0 Å². The van der Waals surface area contributed by atoms with Crippen LogP contribution in [0.25, 0.3) is 0 Å². The molecule has 0 aromatic heterocycles. The number of sulfonamides is 1. The second-order valence-corrected chi connectivity index (χ2v) is 8.59. The molecule has 1 aromatic rings. The average molecular weight is 310 g/mol. The minimum atomic E-state index is -3.37. The maximum absolute atomic E-state index is 12.8. The Morgan fingerprint density at radius 1 is 1.24 bits per heavy atom. The number of piperidine rings is 1. The fourth-order valence-corrected chi connectivity index (χ4v) is 4.09. The van der Waals surface area contributed by atoms with Crippen LogP contribution in [-0.4, -0.2) is 32.9 Å². The van der Waals surface area contributed by atoms with Gasteiger partial charge < -0.3 is 5.32 Å². The highest BCUT2D eigenvalue weighted by Crippen LogP contribution is 2.32. The van der Waals surface area contributed by atoms with Crippen molar-refractivity contribution >= 4 is 10.0 Å². The SMILES string of the molecule is CNC(C)c1cccc(S(=O)(=O)N2CCC(C)(C)CC2)c1. The molecule has 1 N–H and O–H groups in total. The van der Waals surface area contributed by atoms with E-state index in [-0.39, 0.29) is 11.5 Å². The molecule has 1 aromatic carbocycles. The van der Waals surface area contributed by atoms with Crippen molar-refractivity contribution in [2.24, 2.45) is 5.41 Å². The number of hydrogen-bond donors (Lipinski definition) is 1. The lowest BCUT2D eigenvalue weighted by Gasteiger charge is -2.36. The Morgan fingerprint density at radius 3 is 2.43 bits per heavy atom. The van der Waals surface area contributed by atoms with Crippen molar-refractivity contribution in [1.82, 2.24) is 9.62 Å². The van der Waals surface area contributed by atoms with Crippen LogP contribution in [-0.2, 0) is 10.0 Å². The number of hydrogen-bond acceptors (Lipinski definition) is 3. The molecule has 0 aliphatic carbocycles. The molecule has 1 atom stereocenters. The lowest BCUT2D eigenvalue weighted by atomic mass is 9.83. The van der Waals surface area contributed by atoms with Crippen LogP contribution in [0, 0.1) is 5.41 Å². The molecule has 0 spiro atoms. The zero-order valence-corrected chi connectivity index (χ0v) is 14.2. The van der Waals surface area contributed by atoms with Gasteiger partial charge in [0.1, 0.15) is 0 Å². The minimum absolute atomic E-state index is 0.139. The van der Waals surface area contributed by atoms with Gasteiger partial charge in [-0.1, -0.05) is 26.0 Å². The van der Waals surface area contributed by atoms with Gasteiger partial charge in [-0.25, -0.2) is 8.42 Å². The van der Waals surface area contributed by atoms with Crippen LogP contribution in [0.3, 0.4) is 0 Å². The third-order valence-electron chi connectivity index (χ3n) is 4.50. The highest BCUT2D eigenvalue weighted by molar-refractivity contribution is 7.89. The molecule has 1 aliphatic heterocycles. The topological polar surface area (TPSA) is 49.4 Å². The van der Waals surface area contributed by atoms with E-state index in [9.17, 15) is 8.42 Å². The van der Waals surface area contributed by atoms with E-state index in [0.29, 0.717) is 18.0 Å². The lowest BCUT2D eigenvalue weighted by Crippen LogP contribution is -2.41. The zero-order chi connectivity index (χ0) is 15.7. The molecule has 118 valence electrons. The molecule has 1 unspecified atom stereocenters. The fraction of sp³-hybridized carbons (Fsp3) is 0.625. The molecule has 1 fully saturated rings. The normalized spacial score (nSPS) is 21.1. The van der Waals surface area contributed by atoms with E-state index in [4.69, 9.17) is 0 Å². The minimum Gasteiger partial charge on any atom is -0.313 e. The molecule has 2 rings (SSSR count). The summed E-state index contributed by atoms with van der Waals surface area (Å²) >= 11 is 0. The Bertz CT molecular complexity index is 586. The summed E-state index contributed by atoms with van der Waals surface area (Å²) in [6, 6.07) is 7.40. The van der Waals surface area contributed by atoms with Gasteiger partial charge in [0.15, 0.2) is 0 Å². The standard InChI is InChI=1S/C16H26N2O2S/c1-13(17-4)14-6-5-7-15(12-14)21(19,20)18-10-8-16(2,3)9-11-18/h5-7,12-13,17H,8-11H2,1-4H3. The summed E-state index contributed by atoms with van der Waals surface area (Å²) in [7, 11) is -1.50. The third kappa shape index (κ3) is 3.65. The second-order valence-electron chi connectivity index (χ2n) is 6.65. The molecule has 1 saturated heterocycles. The summed E-state index contributed by atoms with van der Waals surface area (Å²) in [4.78, 5) is 0.404. The Kier molecular flexibility index (Phi) is 4.76. The predicted octanol–water partition coefficient (Wildman–Crippen LogP) is 2.78. The fourth-order valence-electron chi connectivity index (χ4n) is 2.59. The highest BCUT2D eigenvalue weighted by Gasteiger charge is 2.32. The average Bonchev–Trinajstić information content (AvgIpc) is 2.46. The Balaban J connectivity index is 2.24. The van der Waals surface area contributed by atoms with Crippen LogP contribution in [0.2, 0.25) is 0 Å². The molecule has 21 heavy (non-hydrogen) atoms. The van der Waals surface area contributed by atoms with Gasteiger partial charge in [0, 0.05) is 19.1 Å². The quantitative estimate of drug-likeness (QED) is 0.930. The van der Waals surface area contributed by atoms with Gasteiger partial charge >= 0.3 is 0 Å². The molecule has 0 radical (unpaired) electrons. The molecule has 0 bridgehead atoms. The van der Waals surface area contributed by atoms with Crippen LogP contribution in [0.15, 0.2) is 29.2 Å². The first-order valence-electron chi connectivity index (χ1n) is 7.54. The first kappa shape index (κ1) is 16.5. The maximum atomic E-state index is 12.8. The van der Waals surface area contributed by atoms with E-state index in [1.165, 1.54) is 0 Å². The molecular weight excluding hydrogens is 284 g/mol. The lowest BCUT2D eigenvalue weighted by molar-refractivity contribution is 0.196. The molecule has 1 aliphatic rings. The van der Waals surface area contributed by atoms with Crippen molar-refractivity contribution < 1.29 is 8.42 Å². The number of nitrogens with one attached hydrogen (secondary N) is 1. The third-order valence-corrected chi connectivity index (χ3v) is 6.40. The van der Waals surface area contributed by atoms with Crippen LogP contribution in [0.4, 0.5) is 0 Å². The maximum Gasteiger partial charge on any atom is 0.243 e. The summed E-state index contributed by atoms with van der Waals surface area (Å²) in [5.74, 6) is 0. The molecule has 5 heteroatoms. The van der Waals surface area contributed by atoms with Crippen molar-refractivity contribution in [3.05, 3.63) is 29.8 Å². The highest BCUT2D eigenvalue weighted by atomic mass is 32.2. The zero-order valence-electron chi connectivity index (χ0n) is 13.4. The summed E-state index contributed by atoms with van der Waals surface area (Å²) in [6.07, 6.45) is 1.83. The van der Waals surface area contributed by atoms with Gasteiger partial charge in [0.05, 0.1) is 4.90 Å². The number of nitrogens with zero attached hydrogens (tertiary/aromatic N) is 1. The molecule has 1 heterocycles. The molecule has 4 nitrogen and oxygen atoms in total. The van der Waals surface area contributed by atoms with Gasteiger partial charge in [-0.3, -0.25) is 0 Å². The summed E-state index contributed by atoms with van der Waals surface area (Å²) in [6.45, 7) is 7.65. The van der Waals surface area contributed by atoms with Crippen LogP contribution in [0.5, 0.6) is 0 Å². The van der Waals surface area contributed by atoms with E-state index >= 15 is 0 Å². The summed E-state index contributed by atoms with van der Waals surface area (Å²) in [5, 5.41) is 3.14. The van der Waals surface area contributed by atoms with E-state index in [1.54, 1.807) is 16.4 Å². The largest absolute Gasteiger partial charge is 0.313 e. The Hall–Kier alpha value is -0.910. The van der Waals surface area contributed by atoms with Crippen LogP contribution >= 0.6 is 0 Å². The van der Waals surface area contributed by atoms with Gasteiger partial charge in [-0.15, -0.1) is 0 Å². The second kappa shape index (κ2) is 6.07.